The van der Waals surface area contributed by atoms with Crippen LogP contribution in [-0.2, 0) is 10.2 Å². The zero-order valence-corrected chi connectivity index (χ0v) is 22.8. The molecule has 1 heterocycles. The number of nitrogens with one attached hydrogen (secondary N) is 2. The van der Waals surface area contributed by atoms with Crippen LogP contribution in [0.3, 0.4) is 0 Å². The van der Waals surface area contributed by atoms with Crippen molar-refractivity contribution in [2.24, 2.45) is 5.92 Å². The van der Waals surface area contributed by atoms with Crippen LogP contribution < -0.4 is 10.6 Å². The smallest absolute Gasteiger partial charge is 0.315 e. The molecule has 7 nitrogen and oxygen atoms in total. The number of aryl methyl sites for hydroxylation is 3. The molecule has 3 rings (SSSR count). The number of nitrogens with zero attached hydrogens (tertiary/aromatic N) is 3. The third-order valence-corrected chi connectivity index (χ3v) is 5.94. The topological polar surface area (TPSA) is 79.3 Å². The summed E-state index contributed by atoms with van der Waals surface area (Å²) in [7, 11) is 0. The highest BCUT2D eigenvalue weighted by molar-refractivity contribution is 5.97. The second-order valence-corrected chi connectivity index (χ2v) is 10.9. The Morgan fingerprint density at radius 3 is 2.14 bits per heavy atom. The Balaban J connectivity index is 1.84. The molecule has 2 N–H and O–H groups in total. The van der Waals surface area contributed by atoms with E-state index < -0.39 is 0 Å². The van der Waals surface area contributed by atoms with Gasteiger partial charge in [-0.25, -0.2) is 9.48 Å². The van der Waals surface area contributed by atoms with E-state index in [1.54, 1.807) is 9.58 Å². The lowest BCUT2D eigenvalue weighted by Gasteiger charge is -2.25. The predicted octanol–water partition coefficient (Wildman–Crippen LogP) is 6.22. The van der Waals surface area contributed by atoms with Crippen LogP contribution in [0.2, 0.25) is 0 Å². The third kappa shape index (κ3) is 6.74. The Morgan fingerprint density at radius 2 is 1.58 bits per heavy atom. The molecule has 36 heavy (non-hydrogen) atoms. The summed E-state index contributed by atoms with van der Waals surface area (Å²) in [5.41, 5.74) is 5.42. The van der Waals surface area contributed by atoms with Gasteiger partial charge < -0.3 is 15.5 Å². The lowest BCUT2D eigenvalue weighted by molar-refractivity contribution is -0.116. The number of carbonyl (C=O) groups is 2. The van der Waals surface area contributed by atoms with E-state index in [0.29, 0.717) is 12.4 Å². The number of anilines is 2. The highest BCUT2D eigenvalue weighted by Gasteiger charge is 2.24. The van der Waals surface area contributed by atoms with E-state index in [2.05, 4.69) is 31.4 Å². The van der Waals surface area contributed by atoms with Crippen molar-refractivity contribution < 1.29 is 9.59 Å². The van der Waals surface area contributed by atoms with Gasteiger partial charge in [0, 0.05) is 23.7 Å². The van der Waals surface area contributed by atoms with E-state index in [0.717, 1.165) is 33.8 Å². The van der Waals surface area contributed by atoms with Crippen LogP contribution in [0.1, 0.15) is 57.0 Å². The number of amides is 3. The van der Waals surface area contributed by atoms with Crippen LogP contribution in [-0.4, -0.2) is 39.7 Å². The number of carbonyl (C=O) groups excluding carboxylic acids is 2. The van der Waals surface area contributed by atoms with Crippen molar-refractivity contribution in [3.63, 3.8) is 0 Å². The largest absolute Gasteiger partial charge is 0.322 e. The minimum absolute atomic E-state index is 0.0706. The molecule has 0 spiro atoms. The predicted molar refractivity (Wildman–Crippen MR) is 147 cm³/mol. The van der Waals surface area contributed by atoms with Crippen molar-refractivity contribution in [3.8, 4) is 5.69 Å². The van der Waals surface area contributed by atoms with E-state index in [9.17, 15) is 9.59 Å². The van der Waals surface area contributed by atoms with Gasteiger partial charge in [-0.05, 0) is 49.9 Å². The fourth-order valence-corrected chi connectivity index (χ4v) is 3.93. The van der Waals surface area contributed by atoms with Gasteiger partial charge in [0.15, 0.2) is 0 Å². The Kier molecular flexibility index (Phi) is 8.23. The van der Waals surface area contributed by atoms with E-state index in [1.165, 1.54) is 0 Å². The first kappa shape index (κ1) is 27.0. The quantitative estimate of drug-likeness (QED) is 0.413. The molecule has 3 aromatic rings. The summed E-state index contributed by atoms with van der Waals surface area (Å²) < 4.78 is 1.75. The molecule has 3 amide bonds. The van der Waals surface area contributed by atoms with Crippen molar-refractivity contribution in [3.05, 3.63) is 70.9 Å². The van der Waals surface area contributed by atoms with E-state index >= 15 is 0 Å². The molecule has 0 atom stereocenters. The molecule has 0 fully saturated rings. The SMILES string of the molecule is Cc1ccc(-n2nc(C(C)(C)C)cc2NC(=O)CN(CC(C)C)C(=O)Nc2c(C)cccc2C)cc1. The number of rotatable bonds is 7. The van der Waals surface area contributed by atoms with Gasteiger partial charge in [-0.1, -0.05) is 70.5 Å². The van der Waals surface area contributed by atoms with Gasteiger partial charge in [-0.2, -0.15) is 5.10 Å². The number of para-hydroxylation sites is 1. The lowest BCUT2D eigenvalue weighted by atomic mass is 9.92. The number of hydrogen-bond acceptors (Lipinski definition) is 3. The molecular weight excluding hydrogens is 450 g/mol. The fraction of sp³-hybridized carbons (Fsp3) is 0.414. The minimum Gasteiger partial charge on any atom is -0.315 e. The Morgan fingerprint density at radius 1 is 0.972 bits per heavy atom. The summed E-state index contributed by atoms with van der Waals surface area (Å²) in [5, 5.41) is 10.8. The van der Waals surface area contributed by atoms with Gasteiger partial charge >= 0.3 is 6.03 Å². The molecule has 0 aliphatic heterocycles. The van der Waals surface area contributed by atoms with Crippen molar-refractivity contribution >= 4 is 23.4 Å². The molecule has 1 aromatic heterocycles. The van der Waals surface area contributed by atoms with Gasteiger partial charge in [-0.15, -0.1) is 0 Å². The fourth-order valence-electron chi connectivity index (χ4n) is 3.93. The molecule has 0 radical (unpaired) electrons. The van der Waals surface area contributed by atoms with Gasteiger partial charge in [-0.3, -0.25) is 4.79 Å². The summed E-state index contributed by atoms with van der Waals surface area (Å²) in [6.07, 6.45) is 0. The van der Waals surface area contributed by atoms with E-state index in [4.69, 9.17) is 5.10 Å². The van der Waals surface area contributed by atoms with Gasteiger partial charge in [0.1, 0.15) is 12.4 Å². The zero-order chi connectivity index (χ0) is 26.6. The average Bonchev–Trinajstić information content (AvgIpc) is 3.20. The Labute approximate surface area is 214 Å². The van der Waals surface area contributed by atoms with E-state index in [-0.39, 0.29) is 29.8 Å². The maximum atomic E-state index is 13.2. The maximum absolute atomic E-state index is 13.2. The van der Waals surface area contributed by atoms with E-state index in [1.807, 2.05) is 83.1 Å². The second kappa shape index (κ2) is 11.0. The summed E-state index contributed by atoms with van der Waals surface area (Å²) in [4.78, 5) is 28.0. The van der Waals surface area contributed by atoms with Crippen molar-refractivity contribution in [2.75, 3.05) is 23.7 Å². The molecule has 7 heteroatoms. The van der Waals surface area contributed by atoms with Crippen LogP contribution in [0, 0.1) is 26.7 Å². The summed E-state index contributed by atoms with van der Waals surface area (Å²) in [6.45, 7) is 16.6. The van der Waals surface area contributed by atoms with Crippen LogP contribution >= 0.6 is 0 Å². The normalized spacial score (nSPS) is 11.5. The minimum atomic E-state index is -0.293. The first-order valence-electron chi connectivity index (χ1n) is 12.4. The van der Waals surface area contributed by atoms with Gasteiger partial charge in [0.2, 0.25) is 5.91 Å². The van der Waals surface area contributed by atoms with Crippen molar-refractivity contribution in [2.45, 2.75) is 60.8 Å². The maximum Gasteiger partial charge on any atom is 0.322 e. The number of benzene rings is 2. The third-order valence-electron chi connectivity index (χ3n) is 5.94. The highest BCUT2D eigenvalue weighted by atomic mass is 16.2. The number of aromatic nitrogens is 2. The van der Waals surface area contributed by atoms with Crippen LogP contribution in [0.5, 0.6) is 0 Å². The molecule has 0 bridgehead atoms. The van der Waals surface area contributed by atoms with Crippen LogP contribution in [0.15, 0.2) is 48.5 Å². The molecule has 0 aliphatic carbocycles. The average molecular weight is 490 g/mol. The molecule has 0 aliphatic rings. The van der Waals surface area contributed by atoms with Crippen LogP contribution in [0.25, 0.3) is 5.69 Å². The molecule has 0 saturated carbocycles. The standard InChI is InChI=1S/C29H39N5O2/c1-19(2)17-33(28(36)31-27-21(4)10-9-11-22(27)5)18-26(35)30-25-16-24(29(6,7)8)32-34(25)23-14-12-20(3)13-15-23/h9-16,19H,17-18H2,1-8H3,(H,30,35)(H,31,36). The first-order chi connectivity index (χ1) is 16.8. The summed E-state index contributed by atoms with van der Waals surface area (Å²) in [6, 6.07) is 15.5. The number of urea groups is 1. The molecule has 0 unspecified atom stereocenters. The highest BCUT2D eigenvalue weighted by Crippen LogP contribution is 2.26. The summed E-state index contributed by atoms with van der Waals surface area (Å²) >= 11 is 0. The van der Waals surface area contributed by atoms with Crippen LogP contribution in [0.4, 0.5) is 16.3 Å². The Hall–Kier alpha value is -3.61. The zero-order valence-electron chi connectivity index (χ0n) is 22.8. The van der Waals surface area contributed by atoms with Gasteiger partial charge in [0.05, 0.1) is 11.4 Å². The number of hydrogen-bond donors (Lipinski definition) is 2. The van der Waals surface area contributed by atoms with Crippen molar-refractivity contribution in [1.29, 1.82) is 0 Å². The monoisotopic (exact) mass is 489 g/mol. The molecule has 2 aromatic carbocycles. The molecular formula is C29H39N5O2. The molecule has 0 saturated heterocycles. The van der Waals surface area contributed by atoms with Crippen molar-refractivity contribution in [1.82, 2.24) is 14.7 Å². The van der Waals surface area contributed by atoms with Gasteiger partial charge in [0.25, 0.3) is 0 Å². The Bertz CT molecular complexity index is 1200. The molecule has 192 valence electrons. The second-order valence-electron chi connectivity index (χ2n) is 10.9. The first-order valence-corrected chi connectivity index (χ1v) is 12.4. The summed E-state index contributed by atoms with van der Waals surface area (Å²) in [5.74, 6) is 0.501. The lowest BCUT2D eigenvalue weighted by Crippen LogP contribution is -2.42.